The smallest absolute Gasteiger partial charge is 0.270 e. The maximum Gasteiger partial charge on any atom is 0.270 e. The van der Waals surface area contributed by atoms with E-state index in [1.54, 1.807) is 30.3 Å². The number of carbonyl (C=O) groups excluding carboxylic acids is 2. The van der Waals surface area contributed by atoms with Crippen LogP contribution in [0.25, 0.3) is 0 Å². The Kier molecular flexibility index (Phi) is 8.28. The summed E-state index contributed by atoms with van der Waals surface area (Å²) in [6, 6.07) is 11.1. The highest BCUT2D eigenvalue weighted by Gasteiger charge is 2.22. The van der Waals surface area contributed by atoms with Crippen LogP contribution in [0, 0.1) is 10.1 Å². The zero-order valence-corrected chi connectivity index (χ0v) is 18.9. The number of nitro benzene ring substituents is 1. The molecular weight excluding hydrogens is 446 g/mol. The zero-order chi connectivity index (χ0) is 23.8. The number of carbonyl (C=O) groups is 2. The minimum atomic E-state index is -0.565. The third-order valence-corrected chi connectivity index (χ3v) is 5.10. The summed E-state index contributed by atoms with van der Waals surface area (Å²) in [5.41, 5.74) is 1.70. The van der Waals surface area contributed by atoms with E-state index >= 15 is 0 Å². The number of benzene rings is 2. The maximum atomic E-state index is 13.0. The van der Waals surface area contributed by atoms with Gasteiger partial charge in [0.15, 0.2) is 5.11 Å². The Hall–Kier alpha value is -3.57. The van der Waals surface area contributed by atoms with Crippen molar-refractivity contribution >= 4 is 51.9 Å². The largest absolute Gasteiger partial charge is 0.378 e. The third-order valence-electron chi connectivity index (χ3n) is 4.90. The fraction of sp³-hybridized carbons (Fsp3) is 0.318. The lowest BCUT2D eigenvalue weighted by molar-refractivity contribution is -0.384. The number of ether oxygens (including phenoxy) is 1. The number of anilines is 3. The number of thiocarbonyl (C=S) groups is 1. The summed E-state index contributed by atoms with van der Waals surface area (Å²) in [6.45, 7) is 4.06. The van der Waals surface area contributed by atoms with Gasteiger partial charge < -0.3 is 20.3 Å². The van der Waals surface area contributed by atoms with Crippen LogP contribution in [0.1, 0.15) is 30.1 Å². The Balaban J connectivity index is 1.73. The van der Waals surface area contributed by atoms with Crippen LogP contribution in [-0.2, 0) is 9.53 Å². The molecule has 174 valence electrons. The Morgan fingerprint density at radius 1 is 1.12 bits per heavy atom. The molecule has 1 heterocycles. The van der Waals surface area contributed by atoms with Crippen LogP contribution in [0.4, 0.5) is 22.7 Å². The van der Waals surface area contributed by atoms with E-state index in [0.717, 1.165) is 6.42 Å². The molecule has 2 aromatic rings. The molecule has 11 heteroatoms. The van der Waals surface area contributed by atoms with Crippen LogP contribution in [0.2, 0.25) is 0 Å². The van der Waals surface area contributed by atoms with Crippen LogP contribution in [-0.4, -0.2) is 48.2 Å². The normalized spacial score (nSPS) is 13.2. The minimum absolute atomic E-state index is 0.0245. The second-order valence-electron chi connectivity index (χ2n) is 7.35. The molecule has 33 heavy (non-hydrogen) atoms. The van der Waals surface area contributed by atoms with E-state index in [2.05, 4.69) is 16.0 Å². The lowest BCUT2D eigenvalue weighted by Crippen LogP contribution is -2.39. The van der Waals surface area contributed by atoms with Gasteiger partial charge in [0.05, 0.1) is 29.4 Å². The number of morpholine rings is 1. The summed E-state index contributed by atoms with van der Waals surface area (Å²) in [6.07, 6.45) is 1.16. The minimum Gasteiger partial charge on any atom is -0.378 e. The summed E-state index contributed by atoms with van der Waals surface area (Å²) in [5.74, 6) is -0.656. The van der Waals surface area contributed by atoms with Gasteiger partial charge in [-0.25, -0.2) is 0 Å². The summed E-state index contributed by atoms with van der Waals surface area (Å²) in [7, 11) is 0. The predicted molar refractivity (Wildman–Crippen MR) is 130 cm³/mol. The van der Waals surface area contributed by atoms with Crippen LogP contribution in [0.15, 0.2) is 42.5 Å². The molecule has 2 amide bonds. The Morgan fingerprint density at radius 2 is 1.82 bits per heavy atom. The fourth-order valence-corrected chi connectivity index (χ4v) is 3.57. The Morgan fingerprint density at radius 3 is 2.48 bits per heavy atom. The average Bonchev–Trinajstić information content (AvgIpc) is 2.79. The highest BCUT2D eigenvalue weighted by molar-refractivity contribution is 7.80. The van der Waals surface area contributed by atoms with E-state index in [1.807, 2.05) is 11.8 Å². The van der Waals surface area contributed by atoms with Crippen molar-refractivity contribution in [1.29, 1.82) is 0 Å². The van der Waals surface area contributed by atoms with Gasteiger partial charge in [-0.15, -0.1) is 0 Å². The Bertz CT molecular complexity index is 1060. The lowest BCUT2D eigenvalue weighted by atomic mass is 10.1. The number of nitrogens with one attached hydrogen (secondary N) is 3. The summed E-state index contributed by atoms with van der Waals surface area (Å²) < 4.78 is 5.35. The molecule has 3 N–H and O–H groups in total. The monoisotopic (exact) mass is 471 g/mol. The number of rotatable bonds is 7. The Labute approximate surface area is 196 Å². The van der Waals surface area contributed by atoms with E-state index in [0.29, 0.717) is 49.8 Å². The van der Waals surface area contributed by atoms with Crippen molar-refractivity contribution in [3.8, 4) is 0 Å². The predicted octanol–water partition coefficient (Wildman–Crippen LogP) is 3.30. The number of hydrogen-bond acceptors (Lipinski definition) is 7. The topological polar surface area (TPSA) is 126 Å². The number of amides is 2. The SMILES string of the molecule is CCCC(=O)Nc1cccc(NC(=S)NC(=O)c2cc([N+](=O)[O-])ccc2N2CCOCC2)c1. The molecule has 3 rings (SSSR count). The highest BCUT2D eigenvalue weighted by Crippen LogP contribution is 2.26. The van der Waals surface area contributed by atoms with Crippen LogP contribution in [0.5, 0.6) is 0 Å². The van der Waals surface area contributed by atoms with Gasteiger partial charge in [-0.1, -0.05) is 13.0 Å². The van der Waals surface area contributed by atoms with Gasteiger partial charge in [-0.2, -0.15) is 0 Å². The van der Waals surface area contributed by atoms with Gasteiger partial charge in [0.1, 0.15) is 0 Å². The number of hydrogen-bond donors (Lipinski definition) is 3. The van der Waals surface area contributed by atoms with Crippen LogP contribution >= 0.6 is 12.2 Å². The first kappa shape index (κ1) is 24.1. The van der Waals surface area contributed by atoms with Crippen molar-refractivity contribution in [2.24, 2.45) is 0 Å². The number of non-ortho nitro benzene ring substituents is 1. The second kappa shape index (κ2) is 11.3. The van der Waals surface area contributed by atoms with Gasteiger partial charge in [0.2, 0.25) is 5.91 Å². The van der Waals surface area contributed by atoms with Crippen molar-refractivity contribution in [3.63, 3.8) is 0 Å². The first-order chi connectivity index (χ1) is 15.9. The molecule has 0 saturated carbocycles. The van der Waals surface area contributed by atoms with Gasteiger partial charge in [-0.05, 0) is 42.9 Å². The molecule has 1 aliphatic heterocycles. The summed E-state index contributed by atoms with van der Waals surface area (Å²) in [5, 5.41) is 19.6. The first-order valence-corrected chi connectivity index (χ1v) is 10.9. The molecular formula is C22H25N5O5S. The van der Waals surface area contributed by atoms with E-state index < -0.39 is 10.8 Å². The zero-order valence-electron chi connectivity index (χ0n) is 18.1. The number of nitro groups is 1. The average molecular weight is 472 g/mol. The number of nitrogens with zero attached hydrogens (tertiary/aromatic N) is 2. The van der Waals surface area contributed by atoms with Crippen LogP contribution < -0.4 is 20.9 Å². The standard InChI is InChI=1S/C22H25N5O5S/c1-2-4-20(28)23-15-5-3-6-16(13-15)24-22(33)25-21(29)18-14-17(27(30)31)7-8-19(18)26-9-11-32-12-10-26/h3,5-8,13-14H,2,4,9-12H2,1H3,(H,23,28)(H2,24,25,29,33). The van der Waals surface area contributed by atoms with E-state index in [4.69, 9.17) is 17.0 Å². The molecule has 0 unspecified atom stereocenters. The van der Waals surface area contributed by atoms with E-state index in [-0.39, 0.29) is 22.3 Å². The molecule has 0 bridgehead atoms. The molecule has 1 aliphatic rings. The molecule has 2 aromatic carbocycles. The first-order valence-electron chi connectivity index (χ1n) is 10.5. The lowest BCUT2D eigenvalue weighted by Gasteiger charge is -2.30. The second-order valence-corrected chi connectivity index (χ2v) is 7.75. The van der Waals surface area contributed by atoms with Crippen molar-refractivity contribution in [2.75, 3.05) is 41.8 Å². The summed E-state index contributed by atoms with van der Waals surface area (Å²) in [4.78, 5) is 37.5. The highest BCUT2D eigenvalue weighted by atomic mass is 32.1. The molecule has 0 radical (unpaired) electrons. The van der Waals surface area contributed by atoms with Crippen molar-refractivity contribution in [1.82, 2.24) is 5.32 Å². The summed E-state index contributed by atoms with van der Waals surface area (Å²) >= 11 is 5.27. The quantitative estimate of drug-likeness (QED) is 0.319. The van der Waals surface area contributed by atoms with Crippen molar-refractivity contribution < 1.29 is 19.2 Å². The maximum absolute atomic E-state index is 13.0. The van der Waals surface area contributed by atoms with E-state index in [9.17, 15) is 19.7 Å². The van der Waals surface area contributed by atoms with Crippen LogP contribution in [0.3, 0.4) is 0 Å². The molecule has 1 saturated heterocycles. The molecule has 10 nitrogen and oxygen atoms in total. The third kappa shape index (κ3) is 6.70. The molecule has 0 aliphatic carbocycles. The molecule has 0 aromatic heterocycles. The van der Waals surface area contributed by atoms with Gasteiger partial charge in [0, 0.05) is 43.0 Å². The van der Waals surface area contributed by atoms with E-state index in [1.165, 1.54) is 12.1 Å². The van der Waals surface area contributed by atoms with Crippen molar-refractivity contribution in [3.05, 3.63) is 58.1 Å². The molecule has 0 atom stereocenters. The molecule has 1 fully saturated rings. The molecule has 0 spiro atoms. The van der Waals surface area contributed by atoms with Gasteiger partial charge >= 0.3 is 0 Å². The van der Waals surface area contributed by atoms with Crippen molar-refractivity contribution in [2.45, 2.75) is 19.8 Å². The fourth-order valence-electron chi connectivity index (χ4n) is 3.36. The van der Waals surface area contributed by atoms with Gasteiger partial charge in [-0.3, -0.25) is 25.0 Å². The van der Waals surface area contributed by atoms with Gasteiger partial charge in [0.25, 0.3) is 11.6 Å².